The number of carbonyl (C=O) groups is 1. The van der Waals surface area contributed by atoms with Crippen LogP contribution in [0.3, 0.4) is 0 Å². The molecule has 0 aliphatic heterocycles. The van der Waals surface area contributed by atoms with Gasteiger partial charge in [-0.05, 0) is 40.5 Å². The molecule has 1 aromatic rings. The Labute approximate surface area is 114 Å². The Morgan fingerprint density at radius 1 is 1.53 bits per heavy atom. The molecule has 1 saturated carbocycles. The molecule has 2 rings (SSSR count). The largest absolute Gasteiger partial charge is 0.442 e. The molecule has 1 fully saturated rings. The van der Waals surface area contributed by atoms with Gasteiger partial charge < -0.3 is 4.74 Å². The lowest BCUT2D eigenvalue weighted by atomic mass is 9.85. The van der Waals surface area contributed by atoms with Crippen LogP contribution >= 0.6 is 0 Å². The summed E-state index contributed by atoms with van der Waals surface area (Å²) in [4.78, 5) is 16.6. The molecule has 106 valence electrons. The van der Waals surface area contributed by atoms with E-state index < -0.39 is 5.60 Å². The SMILES string of the molecule is CCN(C(=O)OC(C)(C)C)n1ccnc1C1CCC1. The van der Waals surface area contributed by atoms with Gasteiger partial charge in [0.1, 0.15) is 11.4 Å². The van der Waals surface area contributed by atoms with Gasteiger partial charge in [0.25, 0.3) is 0 Å². The molecule has 1 amide bonds. The van der Waals surface area contributed by atoms with Gasteiger partial charge in [0.2, 0.25) is 0 Å². The van der Waals surface area contributed by atoms with E-state index >= 15 is 0 Å². The van der Waals surface area contributed by atoms with Gasteiger partial charge in [-0.2, -0.15) is 0 Å². The first-order chi connectivity index (χ1) is 8.92. The van der Waals surface area contributed by atoms with Crippen molar-refractivity contribution in [3.05, 3.63) is 18.2 Å². The summed E-state index contributed by atoms with van der Waals surface area (Å²) in [7, 11) is 0. The van der Waals surface area contributed by atoms with Crippen LogP contribution < -0.4 is 5.01 Å². The third kappa shape index (κ3) is 3.08. The molecule has 1 aromatic heterocycles. The number of ether oxygens (including phenoxy) is 1. The summed E-state index contributed by atoms with van der Waals surface area (Å²) in [5, 5.41) is 1.60. The molecule has 0 unspecified atom stereocenters. The van der Waals surface area contributed by atoms with Gasteiger partial charge in [-0.1, -0.05) is 6.42 Å². The molecule has 1 heterocycles. The first kappa shape index (κ1) is 13.9. The zero-order valence-corrected chi connectivity index (χ0v) is 12.2. The molecule has 5 nitrogen and oxygen atoms in total. The lowest BCUT2D eigenvalue weighted by Gasteiger charge is -2.31. The Kier molecular flexibility index (Phi) is 3.83. The average Bonchev–Trinajstić information content (AvgIpc) is 2.62. The third-order valence-corrected chi connectivity index (χ3v) is 3.28. The topological polar surface area (TPSA) is 47.4 Å². The molecule has 0 saturated heterocycles. The molecule has 0 aromatic carbocycles. The summed E-state index contributed by atoms with van der Waals surface area (Å²) in [6.07, 6.45) is 6.82. The molecular formula is C14H23N3O2. The van der Waals surface area contributed by atoms with E-state index in [2.05, 4.69) is 4.98 Å². The van der Waals surface area contributed by atoms with Crippen molar-refractivity contribution in [2.45, 2.75) is 58.5 Å². The first-order valence-corrected chi connectivity index (χ1v) is 6.96. The fraction of sp³-hybridized carbons (Fsp3) is 0.714. The second-order valence-corrected chi connectivity index (χ2v) is 5.95. The van der Waals surface area contributed by atoms with Gasteiger partial charge >= 0.3 is 6.09 Å². The van der Waals surface area contributed by atoms with Crippen LogP contribution in [0.25, 0.3) is 0 Å². The molecule has 1 aliphatic carbocycles. The summed E-state index contributed by atoms with van der Waals surface area (Å²) in [5.41, 5.74) is -0.484. The summed E-state index contributed by atoms with van der Waals surface area (Å²) in [6, 6.07) is 0. The average molecular weight is 265 g/mol. The normalized spacial score (nSPS) is 16.0. The van der Waals surface area contributed by atoms with Crippen molar-refractivity contribution >= 4 is 6.09 Å². The summed E-state index contributed by atoms with van der Waals surface area (Å²) >= 11 is 0. The maximum atomic E-state index is 12.2. The molecule has 0 bridgehead atoms. The van der Waals surface area contributed by atoms with Gasteiger partial charge in [0.15, 0.2) is 0 Å². The zero-order valence-electron chi connectivity index (χ0n) is 12.2. The van der Waals surface area contributed by atoms with Crippen molar-refractivity contribution in [2.24, 2.45) is 0 Å². The molecule has 19 heavy (non-hydrogen) atoms. The highest BCUT2D eigenvalue weighted by Crippen LogP contribution is 2.35. The maximum absolute atomic E-state index is 12.2. The van der Waals surface area contributed by atoms with E-state index in [0.29, 0.717) is 12.5 Å². The van der Waals surface area contributed by atoms with Crippen molar-refractivity contribution in [1.29, 1.82) is 0 Å². The van der Waals surface area contributed by atoms with E-state index in [9.17, 15) is 4.79 Å². The van der Waals surface area contributed by atoms with Crippen LogP contribution in [0.1, 0.15) is 58.7 Å². The second-order valence-electron chi connectivity index (χ2n) is 5.95. The van der Waals surface area contributed by atoms with Crippen LogP contribution in [-0.2, 0) is 4.74 Å². The smallest absolute Gasteiger partial charge is 0.429 e. The van der Waals surface area contributed by atoms with Crippen LogP contribution in [0, 0.1) is 0 Å². The maximum Gasteiger partial charge on any atom is 0.429 e. The van der Waals surface area contributed by atoms with Gasteiger partial charge in [0.05, 0.1) is 0 Å². The monoisotopic (exact) mass is 265 g/mol. The Hall–Kier alpha value is -1.52. The van der Waals surface area contributed by atoms with Crippen LogP contribution in [0.2, 0.25) is 0 Å². The van der Waals surface area contributed by atoms with Crippen molar-refractivity contribution in [1.82, 2.24) is 9.66 Å². The highest BCUT2D eigenvalue weighted by Gasteiger charge is 2.28. The first-order valence-electron chi connectivity index (χ1n) is 6.96. The van der Waals surface area contributed by atoms with Gasteiger partial charge in [-0.15, -0.1) is 0 Å². The predicted octanol–water partition coefficient (Wildman–Crippen LogP) is 3.04. The summed E-state index contributed by atoms with van der Waals surface area (Å²) < 4.78 is 7.28. The van der Waals surface area contributed by atoms with Crippen LogP contribution in [-0.4, -0.2) is 27.9 Å². The number of imidazole rings is 1. The zero-order chi connectivity index (χ0) is 14.0. The highest BCUT2D eigenvalue weighted by atomic mass is 16.6. The van der Waals surface area contributed by atoms with Crippen molar-refractivity contribution in [2.75, 3.05) is 11.6 Å². The standard InChI is InChI=1S/C14H23N3O2/c1-5-16(13(18)19-14(2,3)4)17-10-9-15-12(17)11-7-6-8-11/h9-11H,5-8H2,1-4H3. The van der Waals surface area contributed by atoms with E-state index in [1.165, 1.54) is 6.42 Å². The van der Waals surface area contributed by atoms with Crippen molar-refractivity contribution in [3.8, 4) is 0 Å². The van der Waals surface area contributed by atoms with E-state index in [0.717, 1.165) is 18.7 Å². The molecule has 1 aliphatic rings. The van der Waals surface area contributed by atoms with Gasteiger partial charge in [-0.3, -0.25) is 0 Å². The minimum Gasteiger partial charge on any atom is -0.442 e. The van der Waals surface area contributed by atoms with E-state index in [4.69, 9.17) is 4.74 Å². The Balaban J connectivity index is 2.17. The Morgan fingerprint density at radius 2 is 2.21 bits per heavy atom. The third-order valence-electron chi connectivity index (χ3n) is 3.28. The van der Waals surface area contributed by atoms with Crippen LogP contribution in [0.15, 0.2) is 12.4 Å². The van der Waals surface area contributed by atoms with Crippen LogP contribution in [0.5, 0.6) is 0 Å². The summed E-state index contributed by atoms with van der Waals surface area (Å²) in [5.74, 6) is 1.45. The fourth-order valence-electron chi connectivity index (χ4n) is 2.16. The number of aromatic nitrogens is 2. The highest BCUT2D eigenvalue weighted by molar-refractivity contribution is 5.78. The predicted molar refractivity (Wildman–Crippen MR) is 73.8 cm³/mol. The lowest BCUT2D eigenvalue weighted by molar-refractivity contribution is 0.0537. The minimum absolute atomic E-state index is 0.325. The quantitative estimate of drug-likeness (QED) is 0.844. The molecule has 5 heteroatoms. The van der Waals surface area contributed by atoms with Crippen LogP contribution in [0.4, 0.5) is 4.79 Å². The molecule has 0 N–H and O–H groups in total. The molecule has 0 atom stereocenters. The number of nitrogens with zero attached hydrogens (tertiary/aromatic N) is 3. The molecular weight excluding hydrogens is 242 g/mol. The summed E-state index contributed by atoms with van der Waals surface area (Å²) in [6.45, 7) is 8.12. The number of carbonyl (C=O) groups excluding carboxylic acids is 1. The van der Waals surface area contributed by atoms with Crippen molar-refractivity contribution in [3.63, 3.8) is 0 Å². The molecule has 0 spiro atoms. The van der Waals surface area contributed by atoms with Crippen molar-refractivity contribution < 1.29 is 9.53 Å². The van der Waals surface area contributed by atoms with E-state index in [-0.39, 0.29) is 6.09 Å². The van der Waals surface area contributed by atoms with E-state index in [1.54, 1.807) is 11.2 Å². The van der Waals surface area contributed by atoms with E-state index in [1.807, 2.05) is 38.6 Å². The molecule has 0 radical (unpaired) electrons. The lowest BCUT2D eigenvalue weighted by Crippen LogP contribution is -2.44. The number of hydrogen-bond donors (Lipinski definition) is 0. The fourth-order valence-corrected chi connectivity index (χ4v) is 2.16. The second kappa shape index (κ2) is 5.23. The van der Waals surface area contributed by atoms with Gasteiger partial charge in [0, 0.05) is 24.9 Å². The number of amides is 1. The van der Waals surface area contributed by atoms with Gasteiger partial charge in [-0.25, -0.2) is 19.5 Å². The Bertz CT molecular complexity index is 444. The number of rotatable bonds is 3. The minimum atomic E-state index is -0.484. The number of hydrogen-bond acceptors (Lipinski definition) is 3. The Morgan fingerprint density at radius 3 is 2.68 bits per heavy atom.